The summed E-state index contributed by atoms with van der Waals surface area (Å²) >= 11 is 0. The van der Waals surface area contributed by atoms with E-state index in [2.05, 4.69) is 66.9 Å². The maximum atomic E-state index is 12.3. The van der Waals surface area contributed by atoms with Crippen molar-refractivity contribution in [2.45, 2.75) is 141 Å². The average molecular weight is 598 g/mol. The van der Waals surface area contributed by atoms with Gasteiger partial charge in [0, 0.05) is 6.42 Å². The Kier molecular flexibility index (Phi) is 30.6. The standard InChI is InChI=1S/C38H63NO4/c1-3-5-6-7-8-9-10-13-17-20-23-26-29-32-37(42)36(34-40)39-38(43)33-30-27-24-21-18-15-12-11-14-16-19-22-25-28-31-35(41)4-2/h6-7,12,14-16,21-22,24-25,28-29,31-32,35-37,40-42H,3-5,8-11,13,17-20,23,26-27,30,33-34H2,1-2H3,(H,39,43)/b7-6-,15-12-,16-14-,24-21-,25-22-,31-28+,32-29+/t35-,36+,37-/m1/s1. The lowest BCUT2D eigenvalue weighted by atomic mass is 10.1. The number of aliphatic hydroxyl groups excluding tert-OH is 3. The highest BCUT2D eigenvalue weighted by molar-refractivity contribution is 5.76. The van der Waals surface area contributed by atoms with Gasteiger partial charge in [0.15, 0.2) is 0 Å². The van der Waals surface area contributed by atoms with Crippen LogP contribution in [0.15, 0.2) is 85.1 Å². The van der Waals surface area contributed by atoms with E-state index in [4.69, 9.17) is 0 Å². The molecule has 0 aromatic heterocycles. The Morgan fingerprint density at radius 2 is 1.16 bits per heavy atom. The molecule has 244 valence electrons. The van der Waals surface area contributed by atoms with Crippen LogP contribution in [0.2, 0.25) is 0 Å². The normalized spacial score (nSPS) is 15.0. The molecule has 0 aliphatic rings. The Balaban J connectivity index is 3.86. The van der Waals surface area contributed by atoms with E-state index in [-0.39, 0.29) is 18.6 Å². The quantitative estimate of drug-likeness (QED) is 0.0412. The number of aliphatic hydroxyl groups is 3. The van der Waals surface area contributed by atoms with Crippen LogP contribution in [-0.2, 0) is 4.79 Å². The van der Waals surface area contributed by atoms with Crippen molar-refractivity contribution in [1.29, 1.82) is 0 Å². The summed E-state index contributed by atoms with van der Waals surface area (Å²) in [6.45, 7) is 3.87. The summed E-state index contributed by atoms with van der Waals surface area (Å²) in [5.41, 5.74) is 0. The number of amides is 1. The van der Waals surface area contributed by atoms with Crippen molar-refractivity contribution in [2.75, 3.05) is 6.61 Å². The number of rotatable bonds is 28. The fourth-order valence-corrected chi connectivity index (χ4v) is 4.22. The molecule has 1 amide bonds. The highest BCUT2D eigenvalue weighted by Gasteiger charge is 2.17. The second-order valence-electron chi connectivity index (χ2n) is 11.0. The molecule has 0 aromatic carbocycles. The first kappa shape index (κ1) is 40.5. The zero-order chi connectivity index (χ0) is 31.6. The van der Waals surface area contributed by atoms with Gasteiger partial charge in [0.05, 0.1) is 24.9 Å². The minimum absolute atomic E-state index is 0.142. The smallest absolute Gasteiger partial charge is 0.220 e. The topological polar surface area (TPSA) is 89.8 Å². The molecular formula is C38H63NO4. The molecule has 0 aromatic rings. The van der Waals surface area contributed by atoms with Crippen LogP contribution >= 0.6 is 0 Å². The Bertz CT molecular complexity index is 837. The summed E-state index contributed by atoms with van der Waals surface area (Å²) in [6, 6.07) is -0.669. The van der Waals surface area contributed by atoms with Crippen molar-refractivity contribution in [3.05, 3.63) is 85.1 Å². The van der Waals surface area contributed by atoms with Crippen LogP contribution in [0.4, 0.5) is 0 Å². The molecular weight excluding hydrogens is 534 g/mol. The van der Waals surface area contributed by atoms with Gasteiger partial charge in [-0.25, -0.2) is 0 Å². The van der Waals surface area contributed by atoms with Gasteiger partial charge in [-0.2, -0.15) is 0 Å². The molecule has 0 rings (SSSR count). The Hall–Kier alpha value is -2.47. The van der Waals surface area contributed by atoms with Gasteiger partial charge in [0.2, 0.25) is 5.91 Å². The van der Waals surface area contributed by atoms with Crippen LogP contribution < -0.4 is 5.32 Å². The lowest BCUT2D eigenvalue weighted by Crippen LogP contribution is -2.45. The minimum Gasteiger partial charge on any atom is -0.394 e. The lowest BCUT2D eigenvalue weighted by Gasteiger charge is -2.19. The molecule has 0 bridgehead atoms. The van der Waals surface area contributed by atoms with Gasteiger partial charge in [0.1, 0.15) is 0 Å². The number of unbranched alkanes of at least 4 members (excludes halogenated alkanes) is 9. The number of hydrogen-bond donors (Lipinski definition) is 4. The van der Waals surface area contributed by atoms with E-state index in [0.717, 1.165) is 51.4 Å². The Morgan fingerprint density at radius 1 is 0.628 bits per heavy atom. The second-order valence-corrected chi connectivity index (χ2v) is 11.0. The predicted octanol–water partition coefficient (Wildman–Crippen LogP) is 8.75. The van der Waals surface area contributed by atoms with Gasteiger partial charge in [-0.05, 0) is 70.6 Å². The van der Waals surface area contributed by atoms with Gasteiger partial charge in [-0.15, -0.1) is 0 Å². The molecule has 5 nitrogen and oxygen atoms in total. The third-order valence-corrected chi connectivity index (χ3v) is 6.99. The first-order valence-corrected chi connectivity index (χ1v) is 16.9. The van der Waals surface area contributed by atoms with Crippen molar-refractivity contribution >= 4 is 5.91 Å². The number of nitrogens with one attached hydrogen (secondary N) is 1. The zero-order valence-electron chi connectivity index (χ0n) is 27.3. The lowest BCUT2D eigenvalue weighted by molar-refractivity contribution is -0.122. The van der Waals surface area contributed by atoms with Gasteiger partial charge >= 0.3 is 0 Å². The third-order valence-electron chi connectivity index (χ3n) is 6.99. The summed E-state index contributed by atoms with van der Waals surface area (Å²) in [5.74, 6) is -0.142. The summed E-state index contributed by atoms with van der Waals surface area (Å²) in [4.78, 5) is 12.3. The van der Waals surface area contributed by atoms with E-state index in [1.807, 2.05) is 25.2 Å². The van der Waals surface area contributed by atoms with Gasteiger partial charge < -0.3 is 20.6 Å². The highest BCUT2D eigenvalue weighted by atomic mass is 16.3. The number of carbonyl (C=O) groups is 1. The van der Waals surface area contributed by atoms with Gasteiger partial charge in [-0.1, -0.05) is 131 Å². The average Bonchev–Trinajstić information content (AvgIpc) is 3.01. The van der Waals surface area contributed by atoms with E-state index in [0.29, 0.717) is 6.42 Å². The summed E-state index contributed by atoms with van der Waals surface area (Å²) in [5, 5.41) is 32.2. The minimum atomic E-state index is -0.879. The molecule has 0 unspecified atom stereocenters. The summed E-state index contributed by atoms with van der Waals surface area (Å²) < 4.78 is 0. The second kappa shape index (κ2) is 32.4. The summed E-state index contributed by atoms with van der Waals surface area (Å²) in [7, 11) is 0. The molecule has 0 fully saturated rings. The maximum Gasteiger partial charge on any atom is 0.220 e. The number of hydrogen-bond acceptors (Lipinski definition) is 4. The molecule has 4 N–H and O–H groups in total. The van der Waals surface area contributed by atoms with E-state index >= 15 is 0 Å². The van der Waals surface area contributed by atoms with E-state index in [9.17, 15) is 20.1 Å². The van der Waals surface area contributed by atoms with Crippen molar-refractivity contribution < 1.29 is 20.1 Å². The molecule has 0 spiro atoms. The van der Waals surface area contributed by atoms with Crippen molar-refractivity contribution in [3.63, 3.8) is 0 Å². The van der Waals surface area contributed by atoms with Crippen molar-refractivity contribution in [3.8, 4) is 0 Å². The Labute approximate surface area is 264 Å². The molecule has 0 heterocycles. The molecule has 3 atom stereocenters. The van der Waals surface area contributed by atoms with E-state index in [1.54, 1.807) is 12.2 Å². The van der Waals surface area contributed by atoms with Crippen LogP contribution in [0.3, 0.4) is 0 Å². The van der Waals surface area contributed by atoms with Crippen LogP contribution in [-0.4, -0.2) is 46.1 Å². The molecule has 0 aliphatic heterocycles. The third kappa shape index (κ3) is 29.4. The molecule has 0 saturated heterocycles. The van der Waals surface area contributed by atoms with Crippen LogP contribution in [0, 0.1) is 0 Å². The Morgan fingerprint density at radius 3 is 1.79 bits per heavy atom. The molecule has 43 heavy (non-hydrogen) atoms. The number of allylic oxidation sites excluding steroid dienone is 12. The fraction of sp³-hybridized carbons (Fsp3) is 0.605. The molecule has 0 aliphatic carbocycles. The SMILES string of the molecule is CCC/C=C\CCCCCCCC/C=C/[C@@H](O)[C@H](CO)NC(=O)CCC/C=C\C/C=C\C/C=C\C/C=C\C=C\[C@H](O)CC. The van der Waals surface area contributed by atoms with Crippen molar-refractivity contribution in [1.82, 2.24) is 5.32 Å². The zero-order valence-corrected chi connectivity index (χ0v) is 27.3. The van der Waals surface area contributed by atoms with Crippen molar-refractivity contribution in [2.24, 2.45) is 0 Å². The fourth-order valence-electron chi connectivity index (χ4n) is 4.22. The monoisotopic (exact) mass is 597 g/mol. The first-order chi connectivity index (χ1) is 21.0. The van der Waals surface area contributed by atoms with Crippen LogP contribution in [0.1, 0.15) is 123 Å². The van der Waals surface area contributed by atoms with E-state index in [1.165, 1.54) is 51.4 Å². The van der Waals surface area contributed by atoms with Gasteiger partial charge in [0.25, 0.3) is 0 Å². The van der Waals surface area contributed by atoms with Gasteiger partial charge in [-0.3, -0.25) is 4.79 Å². The molecule has 0 radical (unpaired) electrons. The largest absolute Gasteiger partial charge is 0.394 e. The summed E-state index contributed by atoms with van der Waals surface area (Å²) in [6.07, 6.45) is 44.7. The predicted molar refractivity (Wildman–Crippen MR) is 185 cm³/mol. The van der Waals surface area contributed by atoms with Crippen LogP contribution in [0.25, 0.3) is 0 Å². The highest BCUT2D eigenvalue weighted by Crippen LogP contribution is 2.10. The maximum absolute atomic E-state index is 12.3. The first-order valence-electron chi connectivity index (χ1n) is 16.9. The van der Waals surface area contributed by atoms with Crippen LogP contribution in [0.5, 0.6) is 0 Å². The van der Waals surface area contributed by atoms with E-state index < -0.39 is 12.1 Å². The molecule has 5 heteroatoms. The number of carbonyl (C=O) groups excluding carboxylic acids is 1. The molecule has 0 saturated carbocycles.